The van der Waals surface area contributed by atoms with E-state index in [2.05, 4.69) is 41.7 Å². The molecule has 1 aliphatic rings. The maximum absolute atomic E-state index is 12.8. The second-order valence-corrected chi connectivity index (χ2v) is 9.19. The number of carbonyl (C=O) groups excluding carboxylic acids is 1. The average molecular weight is 457 g/mol. The van der Waals surface area contributed by atoms with Crippen molar-refractivity contribution in [3.63, 3.8) is 0 Å². The molecule has 4 rings (SSSR count). The molecule has 2 atom stereocenters. The number of hydrogen-bond acceptors (Lipinski definition) is 3. The number of nitrogens with one attached hydrogen (secondary N) is 1. The average Bonchev–Trinajstić information content (AvgIpc) is 3.40. The molecule has 1 fully saturated rings. The molecule has 0 heterocycles. The molecule has 34 heavy (non-hydrogen) atoms. The first-order valence-electron chi connectivity index (χ1n) is 12.0. The first-order valence-corrected chi connectivity index (χ1v) is 12.0. The fourth-order valence-electron chi connectivity index (χ4n) is 4.91. The maximum Gasteiger partial charge on any atom is 0.320 e. The van der Waals surface area contributed by atoms with Gasteiger partial charge >= 0.3 is 5.97 Å². The van der Waals surface area contributed by atoms with E-state index in [0.717, 1.165) is 5.56 Å². The molecule has 5 heteroatoms. The van der Waals surface area contributed by atoms with E-state index in [1.165, 1.54) is 42.4 Å². The van der Waals surface area contributed by atoms with E-state index in [1.807, 2.05) is 18.2 Å². The normalized spacial score (nSPS) is 15.6. The van der Waals surface area contributed by atoms with Crippen LogP contribution in [-0.4, -0.2) is 29.6 Å². The molecule has 3 aromatic carbocycles. The number of carboxylic acids is 1. The molecule has 4 N–H and O–H groups in total. The first-order chi connectivity index (χ1) is 16.5. The lowest BCUT2D eigenvalue weighted by Gasteiger charge is -2.25. The molecule has 0 aromatic heterocycles. The van der Waals surface area contributed by atoms with E-state index in [9.17, 15) is 9.59 Å². The van der Waals surface area contributed by atoms with Crippen molar-refractivity contribution >= 4 is 11.9 Å². The van der Waals surface area contributed by atoms with Gasteiger partial charge in [-0.05, 0) is 59.6 Å². The van der Waals surface area contributed by atoms with Crippen LogP contribution in [0.5, 0.6) is 0 Å². The molecule has 1 amide bonds. The van der Waals surface area contributed by atoms with Gasteiger partial charge in [0.25, 0.3) is 5.91 Å². The number of nitrogens with two attached hydrogens (primary N) is 1. The van der Waals surface area contributed by atoms with Crippen molar-refractivity contribution < 1.29 is 14.7 Å². The van der Waals surface area contributed by atoms with Crippen molar-refractivity contribution in [2.75, 3.05) is 6.54 Å². The fourth-order valence-corrected chi connectivity index (χ4v) is 4.91. The SMILES string of the molecule is N[C@@H](Cc1ccc(C(=O)NC[C@@H](c2ccc(-c3ccccc3)cc2)C2CCCC2)cc1)C(=O)O. The molecular weight excluding hydrogens is 424 g/mol. The molecule has 1 aliphatic carbocycles. The first kappa shape index (κ1) is 23.7. The van der Waals surface area contributed by atoms with Crippen LogP contribution in [0.15, 0.2) is 78.9 Å². The summed E-state index contributed by atoms with van der Waals surface area (Å²) in [6.45, 7) is 0.597. The van der Waals surface area contributed by atoms with Crippen molar-refractivity contribution in [1.82, 2.24) is 5.32 Å². The third-order valence-corrected chi connectivity index (χ3v) is 6.89. The van der Waals surface area contributed by atoms with Gasteiger partial charge in [0.2, 0.25) is 0 Å². The van der Waals surface area contributed by atoms with Gasteiger partial charge in [0.05, 0.1) is 0 Å². The largest absolute Gasteiger partial charge is 0.480 e. The van der Waals surface area contributed by atoms with Gasteiger partial charge in [0.1, 0.15) is 6.04 Å². The highest BCUT2D eigenvalue weighted by atomic mass is 16.4. The second-order valence-electron chi connectivity index (χ2n) is 9.19. The number of carbonyl (C=O) groups is 2. The summed E-state index contributed by atoms with van der Waals surface area (Å²) in [6.07, 6.45) is 5.12. The summed E-state index contributed by atoms with van der Waals surface area (Å²) in [5, 5.41) is 12.1. The lowest BCUT2D eigenvalue weighted by molar-refractivity contribution is -0.138. The van der Waals surface area contributed by atoms with Crippen LogP contribution in [0.2, 0.25) is 0 Å². The predicted molar refractivity (Wildman–Crippen MR) is 135 cm³/mol. The van der Waals surface area contributed by atoms with Crippen LogP contribution in [0, 0.1) is 5.92 Å². The zero-order chi connectivity index (χ0) is 23.9. The van der Waals surface area contributed by atoms with Crippen molar-refractivity contribution in [3.05, 3.63) is 95.6 Å². The Hall–Kier alpha value is -3.44. The minimum Gasteiger partial charge on any atom is -0.480 e. The molecule has 0 unspecified atom stereocenters. The van der Waals surface area contributed by atoms with Gasteiger partial charge in [-0.15, -0.1) is 0 Å². The van der Waals surface area contributed by atoms with Gasteiger partial charge in [0, 0.05) is 18.0 Å². The van der Waals surface area contributed by atoms with E-state index in [4.69, 9.17) is 10.8 Å². The Bertz CT molecular complexity index is 1090. The molecular formula is C29H32N2O3. The molecule has 3 aromatic rings. The highest BCUT2D eigenvalue weighted by Crippen LogP contribution is 2.37. The Morgan fingerprint density at radius 2 is 1.50 bits per heavy atom. The van der Waals surface area contributed by atoms with Crippen LogP contribution < -0.4 is 11.1 Å². The maximum atomic E-state index is 12.8. The van der Waals surface area contributed by atoms with Crippen LogP contribution in [-0.2, 0) is 11.2 Å². The highest BCUT2D eigenvalue weighted by molar-refractivity contribution is 5.94. The molecule has 0 bridgehead atoms. The number of carboxylic acid groups (broad SMARTS) is 1. The quantitative estimate of drug-likeness (QED) is 0.422. The third kappa shape index (κ3) is 5.91. The van der Waals surface area contributed by atoms with Crippen LogP contribution in [0.3, 0.4) is 0 Å². The minimum absolute atomic E-state index is 0.113. The van der Waals surface area contributed by atoms with Crippen molar-refractivity contribution in [3.8, 4) is 11.1 Å². The molecule has 0 spiro atoms. The van der Waals surface area contributed by atoms with E-state index >= 15 is 0 Å². The van der Waals surface area contributed by atoms with Crippen LogP contribution in [0.1, 0.15) is 53.1 Å². The predicted octanol–water partition coefficient (Wildman–Crippen LogP) is 5.01. The smallest absolute Gasteiger partial charge is 0.320 e. The van der Waals surface area contributed by atoms with Gasteiger partial charge in [0.15, 0.2) is 0 Å². The minimum atomic E-state index is -1.03. The van der Waals surface area contributed by atoms with E-state index in [1.54, 1.807) is 24.3 Å². The molecule has 0 radical (unpaired) electrons. The van der Waals surface area contributed by atoms with Crippen molar-refractivity contribution in [2.45, 2.75) is 44.1 Å². The van der Waals surface area contributed by atoms with Crippen LogP contribution in [0.4, 0.5) is 0 Å². The number of rotatable bonds is 9. The van der Waals surface area contributed by atoms with Crippen LogP contribution in [0.25, 0.3) is 11.1 Å². The number of hydrogen-bond donors (Lipinski definition) is 3. The Morgan fingerprint density at radius 1 is 0.882 bits per heavy atom. The Kier molecular flexibility index (Phi) is 7.76. The lowest BCUT2D eigenvalue weighted by atomic mass is 9.84. The lowest BCUT2D eigenvalue weighted by Crippen LogP contribution is -2.32. The van der Waals surface area contributed by atoms with E-state index in [-0.39, 0.29) is 18.2 Å². The second kappa shape index (κ2) is 11.1. The third-order valence-electron chi connectivity index (χ3n) is 6.89. The highest BCUT2D eigenvalue weighted by Gasteiger charge is 2.27. The Morgan fingerprint density at radius 3 is 2.12 bits per heavy atom. The fraction of sp³-hybridized carbons (Fsp3) is 0.310. The van der Waals surface area contributed by atoms with E-state index in [0.29, 0.717) is 18.0 Å². The monoisotopic (exact) mass is 456 g/mol. The van der Waals surface area contributed by atoms with E-state index < -0.39 is 12.0 Å². The standard InChI is InChI=1S/C29H32N2O3/c30-27(29(33)34)18-20-10-12-25(13-11-20)28(32)31-19-26(23-8-4-5-9-23)24-16-14-22(15-17-24)21-6-2-1-3-7-21/h1-3,6-7,10-17,23,26-27H,4-5,8-9,18-19,30H2,(H,31,32)(H,33,34)/t26-,27+/m1/s1. The number of aliphatic carboxylic acids is 1. The molecule has 0 aliphatic heterocycles. The zero-order valence-electron chi connectivity index (χ0n) is 19.3. The van der Waals surface area contributed by atoms with Crippen LogP contribution >= 0.6 is 0 Å². The topological polar surface area (TPSA) is 92.4 Å². The summed E-state index contributed by atoms with van der Waals surface area (Å²) >= 11 is 0. The summed E-state index contributed by atoms with van der Waals surface area (Å²) in [5.41, 5.74) is 10.6. The van der Waals surface area contributed by atoms with Gasteiger partial charge in [-0.1, -0.05) is 79.6 Å². The van der Waals surface area contributed by atoms with Crippen molar-refractivity contribution in [1.29, 1.82) is 0 Å². The van der Waals surface area contributed by atoms with Gasteiger partial charge < -0.3 is 16.2 Å². The molecule has 176 valence electrons. The van der Waals surface area contributed by atoms with Gasteiger partial charge in [-0.2, -0.15) is 0 Å². The summed E-state index contributed by atoms with van der Waals surface area (Å²) in [7, 11) is 0. The Balaban J connectivity index is 1.42. The summed E-state index contributed by atoms with van der Waals surface area (Å²) < 4.78 is 0. The number of benzene rings is 3. The summed E-state index contributed by atoms with van der Waals surface area (Å²) in [6, 6.07) is 25.2. The zero-order valence-corrected chi connectivity index (χ0v) is 19.3. The number of amides is 1. The van der Waals surface area contributed by atoms with Gasteiger partial charge in [-0.25, -0.2) is 0 Å². The summed E-state index contributed by atoms with van der Waals surface area (Å²) in [5.74, 6) is -0.290. The molecule has 1 saturated carbocycles. The Labute approximate surface area is 201 Å². The van der Waals surface area contributed by atoms with Crippen molar-refractivity contribution in [2.24, 2.45) is 11.7 Å². The molecule has 5 nitrogen and oxygen atoms in total. The molecule has 0 saturated heterocycles. The van der Waals surface area contributed by atoms with Gasteiger partial charge in [-0.3, -0.25) is 9.59 Å². The summed E-state index contributed by atoms with van der Waals surface area (Å²) in [4.78, 5) is 23.8.